The number of likely N-dealkylation sites (tertiary alicyclic amines) is 1. The summed E-state index contributed by atoms with van der Waals surface area (Å²) in [5, 5.41) is 0. The Balaban J connectivity index is 1.66. The van der Waals surface area contributed by atoms with Gasteiger partial charge in [-0.3, -0.25) is 4.98 Å². The van der Waals surface area contributed by atoms with Gasteiger partial charge in [0.2, 0.25) is 0 Å². The fraction of sp³-hybridized carbons (Fsp3) is 0.333. The molecule has 0 bridgehead atoms. The van der Waals surface area contributed by atoms with E-state index in [-0.39, 0.29) is 6.09 Å². The molecule has 23 heavy (non-hydrogen) atoms. The number of benzene rings is 1. The van der Waals surface area contributed by atoms with E-state index < -0.39 is 0 Å². The minimum Gasteiger partial charge on any atom is -0.453 e. The van der Waals surface area contributed by atoms with Crippen molar-refractivity contribution in [3.63, 3.8) is 0 Å². The van der Waals surface area contributed by atoms with Crippen molar-refractivity contribution in [1.82, 2.24) is 9.88 Å². The molecule has 0 radical (unpaired) electrons. The van der Waals surface area contributed by atoms with E-state index in [1.807, 2.05) is 30.5 Å². The van der Waals surface area contributed by atoms with E-state index in [4.69, 9.17) is 10.5 Å². The van der Waals surface area contributed by atoms with Crippen molar-refractivity contribution in [3.8, 4) is 11.1 Å². The van der Waals surface area contributed by atoms with Crippen LogP contribution in [0.15, 0.2) is 42.6 Å². The molecule has 3 rings (SSSR count). The van der Waals surface area contributed by atoms with Crippen molar-refractivity contribution in [2.45, 2.75) is 18.8 Å². The van der Waals surface area contributed by atoms with E-state index in [0.29, 0.717) is 5.92 Å². The van der Waals surface area contributed by atoms with E-state index in [9.17, 15) is 4.79 Å². The fourth-order valence-corrected chi connectivity index (χ4v) is 2.98. The van der Waals surface area contributed by atoms with Gasteiger partial charge >= 0.3 is 6.09 Å². The molecule has 2 aromatic rings. The average molecular weight is 311 g/mol. The number of ether oxygens (including phenoxy) is 1. The lowest BCUT2D eigenvalue weighted by molar-refractivity contribution is 0.112. The summed E-state index contributed by atoms with van der Waals surface area (Å²) >= 11 is 0. The second kappa shape index (κ2) is 6.69. The van der Waals surface area contributed by atoms with Crippen LogP contribution >= 0.6 is 0 Å². The molecule has 0 aliphatic carbocycles. The van der Waals surface area contributed by atoms with Crippen LogP contribution in [0, 0.1) is 0 Å². The van der Waals surface area contributed by atoms with Crippen LogP contribution in [0.25, 0.3) is 11.1 Å². The maximum atomic E-state index is 11.5. The fourth-order valence-electron chi connectivity index (χ4n) is 2.98. The number of pyridine rings is 1. The number of hydrogen-bond acceptors (Lipinski definition) is 4. The number of piperidine rings is 1. The highest BCUT2D eigenvalue weighted by molar-refractivity contribution is 5.67. The maximum absolute atomic E-state index is 11.5. The van der Waals surface area contributed by atoms with E-state index in [1.165, 1.54) is 7.11 Å². The minimum absolute atomic E-state index is 0.241. The molecule has 1 aliphatic heterocycles. The molecule has 5 nitrogen and oxygen atoms in total. The van der Waals surface area contributed by atoms with Gasteiger partial charge < -0.3 is 15.4 Å². The maximum Gasteiger partial charge on any atom is 0.409 e. The largest absolute Gasteiger partial charge is 0.453 e. The molecule has 1 saturated heterocycles. The van der Waals surface area contributed by atoms with Gasteiger partial charge in [-0.05, 0) is 36.6 Å². The molecule has 1 aromatic heterocycles. The normalized spacial score (nSPS) is 15.4. The number of amides is 1. The van der Waals surface area contributed by atoms with Gasteiger partial charge in [0.1, 0.15) is 0 Å². The summed E-state index contributed by atoms with van der Waals surface area (Å²) in [6, 6.07) is 12.0. The summed E-state index contributed by atoms with van der Waals surface area (Å²) in [5.74, 6) is 0.399. The lowest BCUT2D eigenvalue weighted by Crippen LogP contribution is -2.37. The van der Waals surface area contributed by atoms with Crippen LogP contribution < -0.4 is 5.73 Å². The van der Waals surface area contributed by atoms with Crippen molar-refractivity contribution < 1.29 is 9.53 Å². The number of carbonyl (C=O) groups is 1. The number of nitrogen functional groups attached to an aromatic ring is 1. The van der Waals surface area contributed by atoms with Crippen molar-refractivity contribution in [2.24, 2.45) is 0 Å². The van der Waals surface area contributed by atoms with Crippen molar-refractivity contribution in [3.05, 3.63) is 48.3 Å². The first-order valence-corrected chi connectivity index (χ1v) is 7.82. The Hall–Kier alpha value is -2.56. The highest BCUT2D eigenvalue weighted by atomic mass is 16.5. The summed E-state index contributed by atoms with van der Waals surface area (Å²) in [5.41, 5.74) is 9.76. The second-order valence-electron chi connectivity index (χ2n) is 5.83. The van der Waals surface area contributed by atoms with Gasteiger partial charge in [0.25, 0.3) is 0 Å². The molecule has 1 fully saturated rings. The Kier molecular flexibility index (Phi) is 4.46. The van der Waals surface area contributed by atoms with Crippen LogP contribution in [0.1, 0.15) is 24.5 Å². The molecule has 1 aromatic carbocycles. The summed E-state index contributed by atoms with van der Waals surface area (Å²) in [6.07, 6.45) is 3.51. The standard InChI is InChI=1S/C18H21N3O2/c1-23-18(22)21-10-8-14(9-11-21)17-7-4-15(12-20-17)13-2-5-16(19)6-3-13/h2-7,12,14H,8-11,19H2,1H3. The summed E-state index contributed by atoms with van der Waals surface area (Å²) in [6.45, 7) is 1.44. The monoisotopic (exact) mass is 311 g/mol. The molecule has 5 heteroatoms. The molecule has 1 aliphatic rings. The van der Waals surface area contributed by atoms with E-state index in [0.717, 1.165) is 48.4 Å². The molecule has 120 valence electrons. The molecule has 0 atom stereocenters. The van der Waals surface area contributed by atoms with E-state index in [1.54, 1.807) is 4.90 Å². The first-order valence-electron chi connectivity index (χ1n) is 7.82. The van der Waals surface area contributed by atoms with Gasteiger partial charge in [-0.15, -0.1) is 0 Å². The molecule has 2 N–H and O–H groups in total. The predicted molar refractivity (Wildman–Crippen MR) is 90.0 cm³/mol. The molecule has 1 amide bonds. The third-order valence-corrected chi connectivity index (χ3v) is 4.38. The number of nitrogens with two attached hydrogens (primary N) is 1. The van der Waals surface area contributed by atoms with Crippen LogP contribution in [0.3, 0.4) is 0 Å². The third kappa shape index (κ3) is 3.44. The Morgan fingerprint density at radius 1 is 1.13 bits per heavy atom. The summed E-state index contributed by atoms with van der Waals surface area (Å²) < 4.78 is 4.77. The Morgan fingerprint density at radius 2 is 1.78 bits per heavy atom. The van der Waals surface area contributed by atoms with Gasteiger partial charge in [-0.1, -0.05) is 18.2 Å². The number of nitrogens with zero attached hydrogens (tertiary/aromatic N) is 2. The van der Waals surface area contributed by atoms with E-state index >= 15 is 0 Å². The zero-order valence-corrected chi connectivity index (χ0v) is 13.2. The van der Waals surface area contributed by atoms with Gasteiger partial charge in [-0.2, -0.15) is 0 Å². The molecular weight excluding hydrogens is 290 g/mol. The number of methoxy groups -OCH3 is 1. The van der Waals surface area contributed by atoms with Gasteiger partial charge in [0.05, 0.1) is 7.11 Å². The lowest BCUT2D eigenvalue weighted by Gasteiger charge is -2.30. The van der Waals surface area contributed by atoms with Crippen LogP contribution in [0.2, 0.25) is 0 Å². The average Bonchev–Trinajstić information content (AvgIpc) is 2.62. The van der Waals surface area contributed by atoms with Crippen LogP contribution in [0.4, 0.5) is 10.5 Å². The van der Waals surface area contributed by atoms with Crippen molar-refractivity contribution in [2.75, 3.05) is 25.9 Å². The number of carbonyl (C=O) groups excluding carboxylic acids is 1. The summed E-state index contributed by atoms with van der Waals surface area (Å²) in [4.78, 5) is 17.9. The van der Waals surface area contributed by atoms with Gasteiger partial charge in [0, 0.05) is 42.1 Å². The Labute approximate surface area is 136 Å². The number of hydrogen-bond donors (Lipinski definition) is 1. The molecule has 0 saturated carbocycles. The predicted octanol–water partition coefficient (Wildman–Crippen LogP) is 3.28. The smallest absolute Gasteiger partial charge is 0.409 e. The Bertz CT molecular complexity index is 660. The SMILES string of the molecule is COC(=O)N1CCC(c2ccc(-c3ccc(N)cc3)cn2)CC1. The van der Waals surface area contributed by atoms with Crippen molar-refractivity contribution in [1.29, 1.82) is 0 Å². The molecule has 2 heterocycles. The molecular formula is C18H21N3O2. The zero-order valence-electron chi connectivity index (χ0n) is 13.2. The third-order valence-electron chi connectivity index (χ3n) is 4.38. The second-order valence-corrected chi connectivity index (χ2v) is 5.83. The molecule has 0 spiro atoms. The topological polar surface area (TPSA) is 68.5 Å². The minimum atomic E-state index is -0.241. The van der Waals surface area contributed by atoms with Crippen LogP contribution in [-0.4, -0.2) is 36.2 Å². The first-order chi connectivity index (χ1) is 11.2. The number of aromatic nitrogens is 1. The highest BCUT2D eigenvalue weighted by Crippen LogP contribution is 2.28. The molecule has 0 unspecified atom stereocenters. The van der Waals surface area contributed by atoms with Crippen LogP contribution in [-0.2, 0) is 4.74 Å². The van der Waals surface area contributed by atoms with Crippen LogP contribution in [0.5, 0.6) is 0 Å². The first kappa shape index (κ1) is 15.3. The van der Waals surface area contributed by atoms with Crippen molar-refractivity contribution >= 4 is 11.8 Å². The van der Waals surface area contributed by atoms with E-state index in [2.05, 4.69) is 17.1 Å². The number of anilines is 1. The zero-order chi connectivity index (χ0) is 16.2. The quantitative estimate of drug-likeness (QED) is 0.864. The number of rotatable bonds is 2. The highest BCUT2D eigenvalue weighted by Gasteiger charge is 2.24. The van der Waals surface area contributed by atoms with Gasteiger partial charge in [0.15, 0.2) is 0 Å². The Morgan fingerprint density at radius 3 is 2.35 bits per heavy atom. The summed E-state index contributed by atoms with van der Waals surface area (Å²) in [7, 11) is 1.42. The lowest BCUT2D eigenvalue weighted by atomic mass is 9.92. The van der Waals surface area contributed by atoms with Gasteiger partial charge in [-0.25, -0.2) is 4.79 Å².